The maximum Gasteiger partial charge on any atom is 0.238 e. The van der Waals surface area contributed by atoms with Crippen LogP contribution in [0.1, 0.15) is 43.5 Å². The summed E-state index contributed by atoms with van der Waals surface area (Å²) >= 11 is 0. The molecule has 0 radical (unpaired) electrons. The van der Waals surface area contributed by atoms with Crippen LogP contribution in [0.3, 0.4) is 0 Å². The van der Waals surface area contributed by atoms with Gasteiger partial charge < -0.3 is 14.4 Å². The summed E-state index contributed by atoms with van der Waals surface area (Å²) in [7, 11) is 2.56. The van der Waals surface area contributed by atoms with Crippen LogP contribution in [0.5, 0.6) is 11.5 Å². The molecule has 0 N–H and O–H groups in total. The van der Waals surface area contributed by atoms with E-state index in [2.05, 4.69) is 4.98 Å². The molecule has 1 aliphatic heterocycles. The molecule has 2 heterocycles. The summed E-state index contributed by atoms with van der Waals surface area (Å²) in [5.74, 6) is -2.49. The lowest BCUT2D eigenvalue weighted by atomic mass is 9.86. The number of benzene rings is 1. The van der Waals surface area contributed by atoms with Gasteiger partial charge in [-0.25, -0.2) is 8.78 Å². The Morgan fingerprint density at radius 3 is 2.14 bits per heavy atom. The number of carbonyl (C=O) groups is 1. The van der Waals surface area contributed by atoms with Crippen LogP contribution in [-0.4, -0.2) is 25.1 Å². The third kappa shape index (κ3) is 2.89. The lowest BCUT2D eigenvalue weighted by Gasteiger charge is -2.35. The van der Waals surface area contributed by atoms with Crippen molar-refractivity contribution >= 4 is 11.6 Å². The van der Waals surface area contributed by atoms with Gasteiger partial charge in [0.2, 0.25) is 5.91 Å². The van der Waals surface area contributed by atoms with Crippen molar-refractivity contribution in [3.63, 3.8) is 0 Å². The number of rotatable bonds is 3. The van der Waals surface area contributed by atoms with Gasteiger partial charge in [0.25, 0.3) is 0 Å². The number of pyridine rings is 1. The van der Waals surface area contributed by atoms with Crippen LogP contribution in [0, 0.1) is 18.6 Å². The highest BCUT2D eigenvalue weighted by Crippen LogP contribution is 2.54. The van der Waals surface area contributed by atoms with Gasteiger partial charge >= 0.3 is 0 Å². The van der Waals surface area contributed by atoms with E-state index in [0.717, 1.165) is 27.8 Å². The van der Waals surface area contributed by atoms with E-state index < -0.39 is 22.7 Å². The molecule has 2 aliphatic rings. The molecule has 1 saturated carbocycles. The first-order valence-corrected chi connectivity index (χ1v) is 9.31. The van der Waals surface area contributed by atoms with Gasteiger partial charge in [-0.1, -0.05) is 13.8 Å². The van der Waals surface area contributed by atoms with Crippen molar-refractivity contribution in [3.05, 3.63) is 46.8 Å². The molecule has 0 saturated heterocycles. The molecule has 0 bridgehead atoms. The SMILES string of the molecule is CC.COc1cc(OC)c(F)c(N2Cc3cnc(C)cc3C3(CC3)C2=O)c1F. The molecular weight excluding hydrogens is 366 g/mol. The monoisotopic (exact) mass is 390 g/mol. The van der Waals surface area contributed by atoms with Crippen molar-refractivity contribution in [2.24, 2.45) is 0 Å². The zero-order valence-electron chi connectivity index (χ0n) is 16.7. The highest BCUT2D eigenvalue weighted by Gasteiger charge is 2.57. The number of amides is 1. The van der Waals surface area contributed by atoms with E-state index in [1.54, 1.807) is 6.20 Å². The minimum atomic E-state index is -0.918. The highest BCUT2D eigenvalue weighted by atomic mass is 19.1. The summed E-state index contributed by atoms with van der Waals surface area (Å²) in [4.78, 5) is 18.6. The Morgan fingerprint density at radius 1 is 1.07 bits per heavy atom. The third-order valence-corrected chi connectivity index (χ3v) is 5.19. The predicted molar refractivity (Wildman–Crippen MR) is 102 cm³/mol. The number of carbonyl (C=O) groups excluding carboxylic acids is 1. The molecule has 7 heteroatoms. The van der Waals surface area contributed by atoms with E-state index in [-0.39, 0.29) is 24.0 Å². The molecule has 0 unspecified atom stereocenters. The summed E-state index contributed by atoms with van der Waals surface area (Å²) in [6, 6.07) is 3.03. The van der Waals surface area contributed by atoms with Gasteiger partial charge in [-0.2, -0.15) is 0 Å². The van der Waals surface area contributed by atoms with Crippen LogP contribution in [0.4, 0.5) is 14.5 Å². The first-order chi connectivity index (χ1) is 13.4. The molecule has 1 aromatic heterocycles. The molecule has 5 nitrogen and oxygen atoms in total. The van der Waals surface area contributed by atoms with E-state index in [4.69, 9.17) is 9.47 Å². The molecule has 28 heavy (non-hydrogen) atoms. The topological polar surface area (TPSA) is 51.7 Å². The van der Waals surface area contributed by atoms with Gasteiger partial charge in [-0.15, -0.1) is 0 Å². The molecule has 150 valence electrons. The second kappa shape index (κ2) is 7.37. The van der Waals surface area contributed by atoms with Gasteiger partial charge in [-0.3, -0.25) is 9.78 Å². The summed E-state index contributed by atoms with van der Waals surface area (Å²) < 4.78 is 39.8. The number of hydrogen-bond acceptors (Lipinski definition) is 4. The Balaban J connectivity index is 0.00000109. The summed E-state index contributed by atoms with van der Waals surface area (Å²) in [6.45, 7) is 5.91. The van der Waals surface area contributed by atoms with Crippen LogP contribution in [-0.2, 0) is 16.8 Å². The average molecular weight is 390 g/mol. The fourth-order valence-corrected chi connectivity index (χ4v) is 3.67. The molecule has 1 amide bonds. The Bertz CT molecular complexity index is 898. The molecule has 1 fully saturated rings. The van der Waals surface area contributed by atoms with Gasteiger partial charge in [0.1, 0.15) is 5.69 Å². The molecule has 1 spiro atoms. The zero-order valence-corrected chi connectivity index (χ0v) is 16.7. The lowest BCUT2D eigenvalue weighted by molar-refractivity contribution is -0.121. The highest BCUT2D eigenvalue weighted by molar-refractivity contribution is 6.05. The fraction of sp³-hybridized carbons (Fsp3) is 0.429. The second-order valence-electron chi connectivity index (χ2n) is 6.71. The van der Waals surface area contributed by atoms with Crippen molar-refractivity contribution in [2.75, 3.05) is 19.1 Å². The van der Waals surface area contributed by atoms with E-state index in [1.165, 1.54) is 14.2 Å². The molecule has 4 rings (SSSR count). The van der Waals surface area contributed by atoms with E-state index in [0.29, 0.717) is 12.8 Å². The van der Waals surface area contributed by atoms with Crippen LogP contribution < -0.4 is 14.4 Å². The number of aryl methyl sites for hydroxylation is 1. The summed E-state index contributed by atoms with van der Waals surface area (Å²) in [6.07, 6.45) is 2.99. The number of halogens is 2. The largest absolute Gasteiger partial charge is 0.493 e. The fourth-order valence-electron chi connectivity index (χ4n) is 3.67. The number of nitrogens with zero attached hydrogens (tertiary/aromatic N) is 2. The summed E-state index contributed by atoms with van der Waals surface area (Å²) in [5.41, 5.74) is 1.38. The van der Waals surface area contributed by atoms with Gasteiger partial charge in [0.15, 0.2) is 23.1 Å². The lowest BCUT2D eigenvalue weighted by Crippen LogP contribution is -2.45. The Kier molecular flexibility index (Phi) is 5.28. The number of anilines is 1. The van der Waals surface area contributed by atoms with Crippen molar-refractivity contribution < 1.29 is 23.0 Å². The Hall–Kier alpha value is -2.70. The van der Waals surface area contributed by atoms with Crippen molar-refractivity contribution in [3.8, 4) is 11.5 Å². The smallest absolute Gasteiger partial charge is 0.238 e. The number of methoxy groups -OCH3 is 2. The quantitative estimate of drug-likeness (QED) is 0.785. The van der Waals surface area contributed by atoms with Crippen molar-refractivity contribution in [1.29, 1.82) is 0 Å². The molecular formula is C21H24F2N2O3. The molecule has 1 aliphatic carbocycles. The number of ether oxygens (including phenoxy) is 2. The number of fused-ring (bicyclic) bond motifs is 2. The maximum atomic E-state index is 14.9. The third-order valence-electron chi connectivity index (χ3n) is 5.19. The Labute approximate surface area is 163 Å². The van der Waals surface area contributed by atoms with E-state index in [9.17, 15) is 13.6 Å². The average Bonchev–Trinajstić information content (AvgIpc) is 3.50. The minimum absolute atomic E-state index is 0.0490. The normalized spacial score (nSPS) is 16.2. The maximum absolute atomic E-state index is 14.9. The number of aromatic nitrogens is 1. The summed E-state index contributed by atoms with van der Waals surface area (Å²) in [5, 5.41) is 0. The van der Waals surface area contributed by atoms with Crippen LogP contribution >= 0.6 is 0 Å². The molecule has 0 atom stereocenters. The predicted octanol–water partition coefficient (Wildman–Crippen LogP) is 4.29. The minimum Gasteiger partial charge on any atom is -0.493 e. The first-order valence-electron chi connectivity index (χ1n) is 9.31. The van der Waals surface area contributed by atoms with Crippen molar-refractivity contribution in [2.45, 2.75) is 45.6 Å². The van der Waals surface area contributed by atoms with Crippen LogP contribution in [0.25, 0.3) is 0 Å². The van der Waals surface area contributed by atoms with Crippen LogP contribution in [0.15, 0.2) is 18.3 Å². The number of hydrogen-bond donors (Lipinski definition) is 0. The van der Waals surface area contributed by atoms with Crippen LogP contribution in [0.2, 0.25) is 0 Å². The molecule has 1 aromatic carbocycles. The zero-order chi connectivity index (χ0) is 20.6. The second-order valence-corrected chi connectivity index (χ2v) is 6.71. The van der Waals surface area contributed by atoms with E-state index >= 15 is 0 Å². The van der Waals surface area contributed by atoms with Crippen molar-refractivity contribution in [1.82, 2.24) is 4.98 Å². The van der Waals surface area contributed by atoms with E-state index in [1.807, 2.05) is 26.8 Å². The first kappa shape index (κ1) is 20.0. The van der Waals surface area contributed by atoms with Gasteiger partial charge in [0, 0.05) is 18.0 Å². The van der Waals surface area contributed by atoms with Gasteiger partial charge in [-0.05, 0) is 37.0 Å². The van der Waals surface area contributed by atoms with Gasteiger partial charge in [0.05, 0.1) is 26.2 Å². The molecule has 2 aromatic rings. The Morgan fingerprint density at radius 2 is 1.64 bits per heavy atom. The standard InChI is InChI=1S/C19H18F2N2O3.C2H6/c1-10-6-12-11(8-22-10)9-23(18(24)19(12)4-5-19)17-15(20)13(25-2)7-14(26-3)16(17)21;1-2/h6-8H,4-5,9H2,1-3H3;1-2H3.